The molecule has 2 N–H and O–H groups in total. The molecule has 1 aromatic carbocycles. The maximum Gasteiger partial charge on any atom is 0.191 e. The van der Waals surface area contributed by atoms with E-state index in [4.69, 9.17) is 4.74 Å². The van der Waals surface area contributed by atoms with E-state index in [1.807, 2.05) is 49.4 Å². The van der Waals surface area contributed by atoms with Gasteiger partial charge in [-0.2, -0.15) is 0 Å². The minimum absolute atomic E-state index is 0. The van der Waals surface area contributed by atoms with Crippen LogP contribution in [0.4, 0.5) is 0 Å². The lowest BCUT2D eigenvalue weighted by Gasteiger charge is -2.12. The van der Waals surface area contributed by atoms with Gasteiger partial charge in [0.25, 0.3) is 0 Å². The number of aromatic nitrogens is 1. The topological polar surface area (TPSA) is 58.5 Å². The molecule has 0 fully saturated rings. The smallest absolute Gasteiger partial charge is 0.191 e. The SMILES string of the molecule is CN=C(NCc1cccc(OC)c1)NCc1cccc(C)n1.I. The molecule has 0 spiro atoms. The molecule has 0 aliphatic carbocycles. The zero-order valence-corrected chi connectivity index (χ0v) is 16.0. The molecule has 124 valence electrons. The number of ether oxygens (including phenoxy) is 1. The summed E-state index contributed by atoms with van der Waals surface area (Å²) in [6, 6.07) is 13.9. The Bertz CT molecular complexity index is 646. The fraction of sp³-hybridized carbons (Fsp3) is 0.294. The molecule has 0 bridgehead atoms. The number of nitrogens with one attached hydrogen (secondary N) is 2. The van der Waals surface area contributed by atoms with Crippen molar-refractivity contribution in [1.82, 2.24) is 15.6 Å². The van der Waals surface area contributed by atoms with Crippen LogP contribution in [-0.4, -0.2) is 25.1 Å². The van der Waals surface area contributed by atoms with Crippen LogP contribution in [0.1, 0.15) is 17.0 Å². The summed E-state index contributed by atoms with van der Waals surface area (Å²) in [5.74, 6) is 1.59. The lowest BCUT2D eigenvalue weighted by Crippen LogP contribution is -2.36. The second-order valence-corrected chi connectivity index (χ2v) is 4.90. The molecular weight excluding hydrogens is 403 g/mol. The first-order valence-corrected chi connectivity index (χ1v) is 7.21. The van der Waals surface area contributed by atoms with Crippen LogP contribution in [0.15, 0.2) is 47.5 Å². The fourth-order valence-corrected chi connectivity index (χ4v) is 2.06. The molecule has 1 aromatic heterocycles. The highest BCUT2D eigenvalue weighted by molar-refractivity contribution is 14.0. The Kier molecular flexibility index (Phi) is 8.39. The average Bonchev–Trinajstić information content (AvgIpc) is 2.55. The van der Waals surface area contributed by atoms with Crippen molar-refractivity contribution >= 4 is 29.9 Å². The van der Waals surface area contributed by atoms with Crippen molar-refractivity contribution in [3.63, 3.8) is 0 Å². The predicted octanol–water partition coefficient (Wildman–Crippen LogP) is 2.88. The highest BCUT2D eigenvalue weighted by Crippen LogP contribution is 2.12. The van der Waals surface area contributed by atoms with Gasteiger partial charge in [0.15, 0.2) is 5.96 Å². The first-order chi connectivity index (χ1) is 10.7. The van der Waals surface area contributed by atoms with Gasteiger partial charge in [0, 0.05) is 19.3 Å². The van der Waals surface area contributed by atoms with Crippen LogP contribution < -0.4 is 15.4 Å². The molecule has 0 aliphatic rings. The number of benzene rings is 1. The minimum Gasteiger partial charge on any atom is -0.497 e. The third kappa shape index (κ3) is 6.43. The van der Waals surface area contributed by atoms with Crippen LogP contribution in [0.2, 0.25) is 0 Å². The molecule has 1 heterocycles. The van der Waals surface area contributed by atoms with E-state index in [9.17, 15) is 0 Å². The number of methoxy groups -OCH3 is 1. The van der Waals surface area contributed by atoms with Crippen molar-refractivity contribution in [3.05, 3.63) is 59.4 Å². The molecule has 0 saturated heterocycles. The summed E-state index contributed by atoms with van der Waals surface area (Å²) in [6.07, 6.45) is 0. The number of hydrogen-bond donors (Lipinski definition) is 2. The van der Waals surface area contributed by atoms with Crippen molar-refractivity contribution in [2.24, 2.45) is 4.99 Å². The van der Waals surface area contributed by atoms with Crippen molar-refractivity contribution in [2.75, 3.05) is 14.2 Å². The second-order valence-electron chi connectivity index (χ2n) is 4.90. The van der Waals surface area contributed by atoms with Gasteiger partial charge in [-0.25, -0.2) is 0 Å². The molecule has 0 atom stereocenters. The molecule has 0 amide bonds. The molecule has 6 heteroatoms. The van der Waals surface area contributed by atoms with E-state index in [0.29, 0.717) is 13.1 Å². The third-order valence-corrected chi connectivity index (χ3v) is 3.20. The van der Waals surface area contributed by atoms with Gasteiger partial charge >= 0.3 is 0 Å². The number of hydrogen-bond acceptors (Lipinski definition) is 3. The van der Waals surface area contributed by atoms with Gasteiger partial charge in [0.05, 0.1) is 19.3 Å². The fourth-order valence-electron chi connectivity index (χ4n) is 2.06. The molecule has 0 saturated carbocycles. The number of nitrogens with zero attached hydrogens (tertiary/aromatic N) is 2. The first-order valence-electron chi connectivity index (χ1n) is 7.21. The summed E-state index contributed by atoms with van der Waals surface area (Å²) < 4.78 is 5.22. The highest BCUT2D eigenvalue weighted by Gasteiger charge is 2.01. The van der Waals surface area contributed by atoms with Gasteiger partial charge in [-0.15, -0.1) is 24.0 Å². The maximum absolute atomic E-state index is 5.22. The average molecular weight is 426 g/mol. The Morgan fingerprint density at radius 3 is 2.57 bits per heavy atom. The van der Waals surface area contributed by atoms with E-state index in [-0.39, 0.29) is 24.0 Å². The number of halogens is 1. The normalized spacial score (nSPS) is 10.7. The summed E-state index contributed by atoms with van der Waals surface area (Å²) in [7, 11) is 3.42. The summed E-state index contributed by atoms with van der Waals surface area (Å²) in [5, 5.41) is 6.53. The van der Waals surface area contributed by atoms with Crippen molar-refractivity contribution < 1.29 is 4.74 Å². The van der Waals surface area contributed by atoms with E-state index in [0.717, 1.165) is 28.7 Å². The quantitative estimate of drug-likeness (QED) is 0.439. The van der Waals surface area contributed by atoms with Crippen LogP contribution in [-0.2, 0) is 13.1 Å². The summed E-state index contributed by atoms with van der Waals surface area (Å²) in [4.78, 5) is 8.68. The van der Waals surface area contributed by atoms with E-state index in [1.165, 1.54) is 0 Å². The maximum atomic E-state index is 5.22. The van der Waals surface area contributed by atoms with Gasteiger partial charge in [0.1, 0.15) is 5.75 Å². The minimum atomic E-state index is 0. The van der Waals surface area contributed by atoms with Crippen molar-refractivity contribution in [3.8, 4) is 5.75 Å². The highest BCUT2D eigenvalue weighted by atomic mass is 127. The second kappa shape index (κ2) is 10.0. The van der Waals surface area contributed by atoms with Crippen LogP contribution in [0.5, 0.6) is 5.75 Å². The van der Waals surface area contributed by atoms with Gasteiger partial charge < -0.3 is 15.4 Å². The van der Waals surface area contributed by atoms with Gasteiger partial charge in [-0.1, -0.05) is 18.2 Å². The van der Waals surface area contributed by atoms with Gasteiger partial charge in [-0.05, 0) is 36.8 Å². The van der Waals surface area contributed by atoms with E-state index < -0.39 is 0 Å². The number of aliphatic imine (C=N–C) groups is 1. The monoisotopic (exact) mass is 426 g/mol. The lowest BCUT2D eigenvalue weighted by molar-refractivity contribution is 0.414. The zero-order chi connectivity index (χ0) is 15.8. The number of pyridine rings is 1. The molecule has 0 unspecified atom stereocenters. The zero-order valence-electron chi connectivity index (χ0n) is 13.7. The largest absolute Gasteiger partial charge is 0.497 e. The van der Waals surface area contributed by atoms with Crippen molar-refractivity contribution in [1.29, 1.82) is 0 Å². The molecular formula is C17H23IN4O. The van der Waals surface area contributed by atoms with Gasteiger partial charge in [-0.3, -0.25) is 9.98 Å². The number of guanidine groups is 1. The van der Waals surface area contributed by atoms with Crippen LogP contribution in [0.3, 0.4) is 0 Å². The third-order valence-electron chi connectivity index (χ3n) is 3.20. The van der Waals surface area contributed by atoms with Crippen LogP contribution >= 0.6 is 24.0 Å². The Balaban J connectivity index is 0.00000264. The predicted molar refractivity (Wildman–Crippen MR) is 104 cm³/mol. The Labute approximate surface area is 154 Å². The van der Waals surface area contributed by atoms with E-state index in [1.54, 1.807) is 14.2 Å². The van der Waals surface area contributed by atoms with E-state index >= 15 is 0 Å². The molecule has 5 nitrogen and oxygen atoms in total. The Morgan fingerprint density at radius 2 is 1.87 bits per heavy atom. The molecule has 2 rings (SSSR count). The lowest BCUT2D eigenvalue weighted by atomic mass is 10.2. The van der Waals surface area contributed by atoms with Crippen LogP contribution in [0, 0.1) is 6.92 Å². The summed E-state index contributed by atoms with van der Waals surface area (Å²) in [5.41, 5.74) is 3.14. The Morgan fingerprint density at radius 1 is 1.13 bits per heavy atom. The van der Waals surface area contributed by atoms with Crippen molar-refractivity contribution in [2.45, 2.75) is 20.0 Å². The number of rotatable bonds is 5. The molecule has 23 heavy (non-hydrogen) atoms. The molecule has 0 aliphatic heterocycles. The summed E-state index contributed by atoms with van der Waals surface area (Å²) in [6.45, 7) is 3.30. The molecule has 2 aromatic rings. The first kappa shape index (κ1) is 19.2. The summed E-state index contributed by atoms with van der Waals surface area (Å²) >= 11 is 0. The van der Waals surface area contributed by atoms with E-state index in [2.05, 4.69) is 20.6 Å². The molecule has 0 radical (unpaired) electrons. The van der Waals surface area contributed by atoms with Crippen LogP contribution in [0.25, 0.3) is 0 Å². The standard InChI is InChI=1S/C17H22N4O.HI/c1-13-6-4-8-15(21-13)12-20-17(18-2)19-11-14-7-5-9-16(10-14)22-3;/h4-10H,11-12H2,1-3H3,(H2,18,19,20);1H. The van der Waals surface area contributed by atoms with Gasteiger partial charge in [0.2, 0.25) is 0 Å². The Hall–Kier alpha value is -1.83. The number of aryl methyl sites for hydroxylation is 1.